The maximum absolute atomic E-state index is 3.64. The average Bonchev–Trinajstić information content (AvgIpc) is 2.38. The molecule has 2 fully saturated rings. The van der Waals surface area contributed by atoms with Gasteiger partial charge in [0.1, 0.15) is 0 Å². The van der Waals surface area contributed by atoms with Crippen LogP contribution in [0, 0.1) is 11.8 Å². The van der Waals surface area contributed by atoms with E-state index in [1.165, 1.54) is 56.9 Å². The summed E-state index contributed by atoms with van der Waals surface area (Å²) in [5, 5.41) is 3.64. The lowest BCUT2D eigenvalue weighted by atomic mass is 9.86. The zero-order valence-electron chi connectivity index (χ0n) is 11.5. The summed E-state index contributed by atoms with van der Waals surface area (Å²) < 4.78 is 0. The maximum Gasteiger partial charge on any atom is 0.0170 e. The van der Waals surface area contributed by atoms with E-state index in [-0.39, 0.29) is 0 Å². The number of hydrogen-bond donors (Lipinski definition) is 1. The third-order valence-electron chi connectivity index (χ3n) is 4.37. The molecule has 1 unspecified atom stereocenters. The molecule has 2 aliphatic rings. The minimum absolute atomic E-state index is 0.775. The van der Waals surface area contributed by atoms with E-state index in [4.69, 9.17) is 0 Å². The molecule has 0 aromatic rings. The van der Waals surface area contributed by atoms with Gasteiger partial charge in [0.2, 0.25) is 0 Å². The van der Waals surface area contributed by atoms with Crippen LogP contribution in [0.2, 0.25) is 0 Å². The van der Waals surface area contributed by atoms with Crippen LogP contribution in [0.25, 0.3) is 0 Å². The SMILES string of the molecule is CC(C)C1CCN(CCC2CSCCN2)CC1. The molecular formula is C14H28N2S. The van der Waals surface area contributed by atoms with Crippen LogP contribution in [0.15, 0.2) is 0 Å². The van der Waals surface area contributed by atoms with Crippen LogP contribution in [-0.4, -0.2) is 48.6 Å². The van der Waals surface area contributed by atoms with Crippen LogP contribution < -0.4 is 5.32 Å². The molecule has 0 bridgehead atoms. The van der Waals surface area contributed by atoms with Gasteiger partial charge < -0.3 is 10.2 Å². The molecule has 0 aromatic carbocycles. The molecule has 2 heterocycles. The Kier molecular flexibility index (Phi) is 5.64. The summed E-state index contributed by atoms with van der Waals surface area (Å²) in [4.78, 5) is 2.68. The van der Waals surface area contributed by atoms with Gasteiger partial charge in [-0.1, -0.05) is 13.8 Å². The molecule has 2 rings (SSSR count). The largest absolute Gasteiger partial charge is 0.312 e. The van der Waals surface area contributed by atoms with Gasteiger partial charge in [-0.3, -0.25) is 0 Å². The lowest BCUT2D eigenvalue weighted by Gasteiger charge is -2.35. The fourth-order valence-corrected chi connectivity index (χ4v) is 3.98. The summed E-state index contributed by atoms with van der Waals surface area (Å²) in [6, 6.07) is 0.775. The van der Waals surface area contributed by atoms with Crippen LogP contribution >= 0.6 is 11.8 Å². The van der Waals surface area contributed by atoms with Crippen LogP contribution in [0.1, 0.15) is 33.1 Å². The van der Waals surface area contributed by atoms with Crippen molar-refractivity contribution in [2.75, 3.05) is 37.7 Å². The van der Waals surface area contributed by atoms with E-state index in [2.05, 4.69) is 35.8 Å². The highest BCUT2D eigenvalue weighted by Gasteiger charge is 2.22. The second kappa shape index (κ2) is 7.01. The molecule has 17 heavy (non-hydrogen) atoms. The number of likely N-dealkylation sites (tertiary alicyclic amines) is 1. The van der Waals surface area contributed by atoms with Gasteiger partial charge in [0.15, 0.2) is 0 Å². The molecule has 0 aliphatic carbocycles. The molecule has 2 aliphatic heterocycles. The van der Waals surface area contributed by atoms with Crippen molar-refractivity contribution in [3.05, 3.63) is 0 Å². The lowest BCUT2D eigenvalue weighted by Crippen LogP contribution is -2.42. The number of hydrogen-bond acceptors (Lipinski definition) is 3. The number of thioether (sulfide) groups is 1. The van der Waals surface area contributed by atoms with Crippen LogP contribution in [0.3, 0.4) is 0 Å². The first-order chi connectivity index (χ1) is 8.25. The van der Waals surface area contributed by atoms with Gasteiger partial charge in [0.05, 0.1) is 0 Å². The zero-order chi connectivity index (χ0) is 12.1. The van der Waals surface area contributed by atoms with Gasteiger partial charge in [-0.25, -0.2) is 0 Å². The Morgan fingerprint density at radius 2 is 2.06 bits per heavy atom. The topological polar surface area (TPSA) is 15.3 Å². The molecule has 0 saturated carbocycles. The van der Waals surface area contributed by atoms with Crippen molar-refractivity contribution in [1.29, 1.82) is 0 Å². The molecule has 0 spiro atoms. The Morgan fingerprint density at radius 3 is 2.65 bits per heavy atom. The Morgan fingerprint density at radius 1 is 1.29 bits per heavy atom. The van der Waals surface area contributed by atoms with Crippen molar-refractivity contribution >= 4 is 11.8 Å². The molecule has 1 atom stereocenters. The maximum atomic E-state index is 3.64. The number of rotatable bonds is 4. The third-order valence-corrected chi connectivity index (χ3v) is 5.50. The summed E-state index contributed by atoms with van der Waals surface area (Å²) >= 11 is 2.11. The van der Waals surface area contributed by atoms with Gasteiger partial charge in [-0.15, -0.1) is 0 Å². The van der Waals surface area contributed by atoms with E-state index in [1.54, 1.807) is 0 Å². The highest BCUT2D eigenvalue weighted by Crippen LogP contribution is 2.24. The Labute approximate surface area is 111 Å². The molecule has 3 heteroatoms. The minimum atomic E-state index is 0.775. The van der Waals surface area contributed by atoms with E-state index in [1.807, 2.05) is 0 Å². The van der Waals surface area contributed by atoms with E-state index in [9.17, 15) is 0 Å². The van der Waals surface area contributed by atoms with E-state index in [0.29, 0.717) is 0 Å². The molecule has 100 valence electrons. The molecule has 0 aromatic heterocycles. The smallest absolute Gasteiger partial charge is 0.0170 e. The van der Waals surface area contributed by atoms with Crippen molar-refractivity contribution in [1.82, 2.24) is 10.2 Å². The van der Waals surface area contributed by atoms with Crippen molar-refractivity contribution in [3.63, 3.8) is 0 Å². The standard InChI is InChI=1S/C14H28N2S/c1-12(2)13-3-7-16(8-4-13)9-5-14-11-17-10-6-15-14/h12-15H,3-11H2,1-2H3. The van der Waals surface area contributed by atoms with Gasteiger partial charge >= 0.3 is 0 Å². The fraction of sp³-hybridized carbons (Fsp3) is 1.00. The van der Waals surface area contributed by atoms with Crippen LogP contribution in [-0.2, 0) is 0 Å². The van der Waals surface area contributed by atoms with E-state index >= 15 is 0 Å². The highest BCUT2D eigenvalue weighted by atomic mass is 32.2. The molecule has 2 saturated heterocycles. The van der Waals surface area contributed by atoms with Gasteiger partial charge in [0.25, 0.3) is 0 Å². The first-order valence-electron chi connectivity index (χ1n) is 7.29. The summed E-state index contributed by atoms with van der Waals surface area (Å²) in [6.07, 6.45) is 4.19. The number of nitrogens with zero attached hydrogens (tertiary/aromatic N) is 1. The monoisotopic (exact) mass is 256 g/mol. The Balaban J connectivity index is 1.61. The summed E-state index contributed by atoms with van der Waals surface area (Å²) in [5.74, 6) is 4.49. The second-order valence-corrected chi connectivity index (χ2v) is 7.09. The van der Waals surface area contributed by atoms with E-state index in [0.717, 1.165) is 17.9 Å². The molecule has 0 radical (unpaired) electrons. The summed E-state index contributed by atoms with van der Waals surface area (Å²) in [5.41, 5.74) is 0. The first kappa shape index (κ1) is 13.7. The lowest BCUT2D eigenvalue weighted by molar-refractivity contribution is 0.153. The number of nitrogens with one attached hydrogen (secondary N) is 1. The fourth-order valence-electron chi connectivity index (χ4n) is 2.99. The Bertz CT molecular complexity index is 206. The van der Waals surface area contributed by atoms with Gasteiger partial charge in [0, 0.05) is 24.1 Å². The Hall–Kier alpha value is 0.270. The summed E-state index contributed by atoms with van der Waals surface area (Å²) in [6.45, 7) is 9.95. The average molecular weight is 256 g/mol. The van der Waals surface area contributed by atoms with Gasteiger partial charge in [-0.2, -0.15) is 11.8 Å². The second-order valence-electron chi connectivity index (χ2n) is 5.94. The minimum Gasteiger partial charge on any atom is -0.312 e. The highest BCUT2D eigenvalue weighted by molar-refractivity contribution is 7.99. The normalized spacial score (nSPS) is 28.8. The van der Waals surface area contributed by atoms with Crippen molar-refractivity contribution in [2.24, 2.45) is 11.8 Å². The van der Waals surface area contributed by atoms with Crippen molar-refractivity contribution in [2.45, 2.75) is 39.2 Å². The van der Waals surface area contributed by atoms with Crippen molar-refractivity contribution < 1.29 is 0 Å². The van der Waals surface area contributed by atoms with Gasteiger partial charge in [-0.05, 0) is 50.7 Å². The van der Waals surface area contributed by atoms with Crippen LogP contribution in [0.5, 0.6) is 0 Å². The number of piperidine rings is 1. The molecule has 1 N–H and O–H groups in total. The zero-order valence-corrected chi connectivity index (χ0v) is 12.3. The third kappa shape index (κ3) is 4.46. The van der Waals surface area contributed by atoms with Crippen molar-refractivity contribution in [3.8, 4) is 0 Å². The van der Waals surface area contributed by atoms with Crippen LogP contribution in [0.4, 0.5) is 0 Å². The quantitative estimate of drug-likeness (QED) is 0.832. The molecular weight excluding hydrogens is 228 g/mol. The molecule has 0 amide bonds. The summed E-state index contributed by atoms with van der Waals surface area (Å²) in [7, 11) is 0. The molecule has 2 nitrogen and oxygen atoms in total. The van der Waals surface area contributed by atoms with E-state index < -0.39 is 0 Å². The first-order valence-corrected chi connectivity index (χ1v) is 8.44. The predicted octanol–water partition coefficient (Wildman–Crippen LogP) is 2.45. The predicted molar refractivity (Wildman–Crippen MR) is 77.7 cm³/mol.